The maximum Gasteiger partial charge on any atom is 0.264 e. The van der Waals surface area contributed by atoms with E-state index in [0.717, 1.165) is 24.2 Å². The lowest BCUT2D eigenvalue weighted by molar-refractivity contribution is -0.136. The van der Waals surface area contributed by atoms with Gasteiger partial charge >= 0.3 is 0 Å². The molecule has 3 aliphatic rings. The van der Waals surface area contributed by atoms with Crippen molar-refractivity contribution in [2.45, 2.75) is 64.5 Å². The molecule has 0 aliphatic carbocycles. The third-order valence-electron chi connectivity index (χ3n) is 6.52. The van der Waals surface area contributed by atoms with Gasteiger partial charge < -0.3 is 9.64 Å². The predicted octanol–water partition coefficient (Wildman–Crippen LogP) is 2.65. The minimum Gasteiger partial charge on any atom is -0.376 e. The van der Waals surface area contributed by atoms with Crippen molar-refractivity contribution >= 4 is 29.3 Å². The molecule has 0 spiro atoms. The third kappa shape index (κ3) is 4.64. The second-order valence-electron chi connectivity index (χ2n) is 9.95. The van der Waals surface area contributed by atoms with Crippen LogP contribution >= 0.6 is 0 Å². The lowest BCUT2D eigenvalue weighted by Crippen LogP contribution is -2.54. The van der Waals surface area contributed by atoms with Gasteiger partial charge in [0.05, 0.1) is 22.4 Å². The number of amides is 4. The zero-order valence-electron chi connectivity index (χ0n) is 19.3. The van der Waals surface area contributed by atoms with E-state index in [2.05, 4.69) is 5.32 Å². The van der Waals surface area contributed by atoms with Crippen molar-refractivity contribution in [1.82, 2.24) is 10.2 Å². The molecule has 0 radical (unpaired) electrons. The molecule has 4 rings (SSSR count). The molecule has 0 saturated carbocycles. The van der Waals surface area contributed by atoms with Crippen LogP contribution in [0.3, 0.4) is 0 Å². The molecule has 33 heavy (non-hydrogen) atoms. The van der Waals surface area contributed by atoms with Crippen molar-refractivity contribution < 1.29 is 28.3 Å². The number of carbonyl (C=O) groups excluding carboxylic acids is 4. The van der Waals surface area contributed by atoms with E-state index in [0.29, 0.717) is 25.6 Å². The molecule has 0 aromatic heterocycles. The molecule has 2 fully saturated rings. The first-order valence-electron chi connectivity index (χ1n) is 11.5. The Morgan fingerprint density at radius 2 is 1.76 bits per heavy atom. The topological polar surface area (TPSA) is 96.0 Å². The number of nitrogens with one attached hydrogen (secondary N) is 1. The van der Waals surface area contributed by atoms with Gasteiger partial charge in [-0.2, -0.15) is 0 Å². The number of hydrogen-bond donors (Lipinski definition) is 1. The molecule has 3 heterocycles. The largest absolute Gasteiger partial charge is 0.376 e. The Balaban J connectivity index is 1.51. The smallest absolute Gasteiger partial charge is 0.264 e. The number of carbonyl (C=O) groups is 4. The van der Waals surface area contributed by atoms with Gasteiger partial charge in [-0.1, -0.05) is 0 Å². The van der Waals surface area contributed by atoms with E-state index in [-0.39, 0.29) is 35.3 Å². The van der Waals surface area contributed by atoms with E-state index in [9.17, 15) is 23.6 Å². The zero-order valence-corrected chi connectivity index (χ0v) is 19.3. The summed E-state index contributed by atoms with van der Waals surface area (Å²) in [6.45, 7) is 7.85. The van der Waals surface area contributed by atoms with Crippen molar-refractivity contribution in [2.24, 2.45) is 5.92 Å². The molecule has 178 valence electrons. The first-order valence-corrected chi connectivity index (χ1v) is 11.5. The molecule has 1 unspecified atom stereocenters. The Kier molecular flexibility index (Phi) is 6.26. The summed E-state index contributed by atoms with van der Waals surface area (Å²) in [4.78, 5) is 52.8. The van der Waals surface area contributed by atoms with Crippen molar-refractivity contribution in [1.29, 1.82) is 0 Å². The lowest BCUT2D eigenvalue weighted by atomic mass is 9.92. The number of ether oxygens (including phenoxy) is 1. The molecule has 0 bridgehead atoms. The molecule has 4 amide bonds. The van der Waals surface area contributed by atoms with Gasteiger partial charge in [-0.25, -0.2) is 4.39 Å². The van der Waals surface area contributed by atoms with E-state index < -0.39 is 35.5 Å². The maximum absolute atomic E-state index is 15.0. The van der Waals surface area contributed by atoms with Crippen molar-refractivity contribution in [3.63, 3.8) is 0 Å². The number of piperidine rings is 2. The number of benzene rings is 1. The van der Waals surface area contributed by atoms with E-state index in [1.807, 2.05) is 25.7 Å². The molecule has 2 saturated heterocycles. The Morgan fingerprint density at radius 3 is 2.39 bits per heavy atom. The minimum absolute atomic E-state index is 0.0132. The molecule has 1 aromatic carbocycles. The summed E-state index contributed by atoms with van der Waals surface area (Å²) >= 11 is 0. The van der Waals surface area contributed by atoms with Gasteiger partial charge in [0.2, 0.25) is 11.8 Å². The second kappa shape index (κ2) is 8.85. The molecular formula is C24H30FN3O5. The number of anilines is 1. The Hall–Kier alpha value is -2.81. The van der Waals surface area contributed by atoms with Crippen molar-refractivity contribution in [3.05, 3.63) is 29.1 Å². The third-order valence-corrected chi connectivity index (χ3v) is 6.52. The normalized spacial score (nSPS) is 22.1. The fraction of sp³-hybridized carbons (Fsp3) is 0.583. The molecule has 8 nitrogen and oxygen atoms in total. The van der Waals surface area contributed by atoms with Crippen LogP contribution in [0.5, 0.6) is 0 Å². The molecule has 3 aliphatic heterocycles. The minimum atomic E-state index is -1.07. The Morgan fingerprint density at radius 1 is 1.06 bits per heavy atom. The Bertz CT molecular complexity index is 995. The van der Waals surface area contributed by atoms with Gasteiger partial charge in [-0.15, -0.1) is 0 Å². The average molecular weight is 460 g/mol. The monoisotopic (exact) mass is 459 g/mol. The summed E-state index contributed by atoms with van der Waals surface area (Å²) in [7, 11) is 0. The fourth-order valence-corrected chi connectivity index (χ4v) is 4.80. The van der Waals surface area contributed by atoms with Gasteiger partial charge in [0.25, 0.3) is 11.8 Å². The van der Waals surface area contributed by atoms with E-state index >= 15 is 0 Å². The summed E-state index contributed by atoms with van der Waals surface area (Å²) in [5.74, 6) is -2.54. The van der Waals surface area contributed by atoms with E-state index in [1.165, 1.54) is 12.1 Å². The molecule has 1 aromatic rings. The molecule has 9 heteroatoms. The maximum atomic E-state index is 15.0. The number of halogens is 1. The van der Waals surface area contributed by atoms with Crippen LogP contribution in [0.4, 0.5) is 10.1 Å². The highest BCUT2D eigenvalue weighted by Crippen LogP contribution is 2.38. The van der Waals surface area contributed by atoms with Crippen LogP contribution in [0.2, 0.25) is 0 Å². The zero-order chi connectivity index (χ0) is 23.9. The van der Waals surface area contributed by atoms with E-state index in [1.54, 1.807) is 0 Å². The van der Waals surface area contributed by atoms with Crippen LogP contribution in [0.25, 0.3) is 0 Å². The first kappa shape index (κ1) is 23.4. The number of nitrogens with zero attached hydrogens (tertiary/aromatic N) is 2. The van der Waals surface area contributed by atoms with Crippen molar-refractivity contribution in [3.8, 4) is 0 Å². The van der Waals surface area contributed by atoms with Crippen LogP contribution in [0.1, 0.15) is 73.6 Å². The van der Waals surface area contributed by atoms with Gasteiger partial charge in [-0.3, -0.25) is 29.4 Å². The quantitative estimate of drug-likeness (QED) is 0.680. The molecule has 1 atom stereocenters. The van der Waals surface area contributed by atoms with Gasteiger partial charge in [-0.05, 0) is 64.5 Å². The highest BCUT2D eigenvalue weighted by molar-refractivity contribution is 6.25. The van der Waals surface area contributed by atoms with Gasteiger partial charge in [0.15, 0.2) is 0 Å². The number of hydrogen-bond acceptors (Lipinski definition) is 6. The standard InChI is InChI=1S/C24H30FN3O5/c1-24(2,3)33-13-10-14-8-11-27(12-9-14)20-16(25)5-4-15-19(20)23(32)28(22(15)31)17-6-7-18(29)26-21(17)30/h4-5,14,17H,6-13H2,1-3H3,(H,26,29,30). The Labute approximate surface area is 192 Å². The number of imide groups is 2. The highest BCUT2D eigenvalue weighted by atomic mass is 19.1. The van der Waals surface area contributed by atoms with Crippen LogP contribution in [0.15, 0.2) is 12.1 Å². The average Bonchev–Trinajstić information content (AvgIpc) is 2.98. The van der Waals surface area contributed by atoms with E-state index in [4.69, 9.17) is 4.74 Å². The van der Waals surface area contributed by atoms with Gasteiger partial charge in [0, 0.05) is 26.1 Å². The summed E-state index contributed by atoms with van der Waals surface area (Å²) in [5.41, 5.74) is 0.0569. The summed E-state index contributed by atoms with van der Waals surface area (Å²) in [5, 5.41) is 2.18. The second-order valence-corrected chi connectivity index (χ2v) is 9.95. The number of rotatable bonds is 5. The first-order chi connectivity index (χ1) is 15.6. The van der Waals surface area contributed by atoms with Crippen LogP contribution in [-0.4, -0.2) is 59.9 Å². The summed E-state index contributed by atoms with van der Waals surface area (Å²) < 4.78 is 20.8. The van der Waals surface area contributed by atoms with Crippen LogP contribution < -0.4 is 10.2 Å². The van der Waals surface area contributed by atoms with Crippen molar-refractivity contribution in [2.75, 3.05) is 24.6 Å². The fourth-order valence-electron chi connectivity index (χ4n) is 4.80. The lowest BCUT2D eigenvalue weighted by Gasteiger charge is -2.35. The number of fused-ring (bicyclic) bond motifs is 1. The highest BCUT2D eigenvalue weighted by Gasteiger charge is 2.47. The van der Waals surface area contributed by atoms with Crippen LogP contribution in [-0.2, 0) is 14.3 Å². The molecule has 1 N–H and O–H groups in total. The van der Waals surface area contributed by atoms with Gasteiger partial charge in [0.1, 0.15) is 11.9 Å². The summed E-state index contributed by atoms with van der Waals surface area (Å²) in [6, 6.07) is 1.44. The molecular weight excluding hydrogens is 429 g/mol. The summed E-state index contributed by atoms with van der Waals surface area (Å²) in [6.07, 6.45) is 2.68. The predicted molar refractivity (Wildman–Crippen MR) is 118 cm³/mol. The van der Waals surface area contributed by atoms with Crippen LogP contribution in [0, 0.1) is 11.7 Å². The SMILES string of the molecule is CC(C)(C)OCCC1CCN(c2c(F)ccc3c2C(=O)N(C2CCC(=O)NC2=O)C3=O)CC1.